The summed E-state index contributed by atoms with van der Waals surface area (Å²) < 4.78 is 64.5. The molecule has 0 bridgehead atoms. The number of nitrogens with two attached hydrogens (primary N) is 1. The van der Waals surface area contributed by atoms with E-state index in [1.165, 1.54) is 0 Å². The first-order chi connectivity index (χ1) is 8.32. The summed E-state index contributed by atoms with van der Waals surface area (Å²) in [6.07, 6.45) is 0.420. The van der Waals surface area contributed by atoms with Gasteiger partial charge in [0.1, 0.15) is 17.5 Å². The molecular formula is C10H11F3N2O2S. The molecule has 1 aliphatic heterocycles. The second kappa shape index (κ2) is 4.52. The fourth-order valence-corrected chi connectivity index (χ4v) is 3.48. The molecule has 0 saturated carbocycles. The van der Waals surface area contributed by atoms with Crippen molar-refractivity contribution in [2.75, 3.05) is 13.1 Å². The number of nitrogens with zero attached hydrogens (tertiary/aromatic N) is 1. The molecule has 1 saturated heterocycles. The van der Waals surface area contributed by atoms with Crippen LogP contribution >= 0.6 is 0 Å². The fraction of sp³-hybridized carbons (Fsp3) is 0.400. The van der Waals surface area contributed by atoms with Crippen LogP contribution in [0.1, 0.15) is 6.42 Å². The molecule has 2 rings (SSSR count). The topological polar surface area (TPSA) is 63.4 Å². The molecule has 1 aliphatic rings. The zero-order valence-electron chi connectivity index (χ0n) is 9.24. The summed E-state index contributed by atoms with van der Waals surface area (Å²) in [5.41, 5.74) is 5.55. The van der Waals surface area contributed by atoms with Crippen LogP contribution in [0, 0.1) is 17.5 Å². The third-order valence-electron chi connectivity index (χ3n) is 2.75. The van der Waals surface area contributed by atoms with E-state index >= 15 is 0 Å². The Kier molecular flexibility index (Phi) is 3.35. The molecule has 1 atom stereocenters. The molecule has 1 unspecified atom stereocenters. The number of benzene rings is 1. The van der Waals surface area contributed by atoms with E-state index < -0.39 is 32.4 Å². The second-order valence-electron chi connectivity index (χ2n) is 4.11. The van der Waals surface area contributed by atoms with Crippen LogP contribution in [0.2, 0.25) is 0 Å². The number of halogens is 3. The average molecular weight is 280 g/mol. The Morgan fingerprint density at radius 2 is 1.78 bits per heavy atom. The standard InChI is InChI=1S/C10H11F3N2O2S/c11-6-3-8(12)10(9(13)4-6)18(16,17)15-2-1-7(14)5-15/h3-4,7H,1-2,5,14H2. The molecule has 1 aromatic carbocycles. The van der Waals surface area contributed by atoms with Crippen molar-refractivity contribution in [3.8, 4) is 0 Å². The summed E-state index contributed by atoms with van der Waals surface area (Å²) in [5.74, 6) is -4.04. The lowest BCUT2D eigenvalue weighted by atomic mass is 10.3. The maximum Gasteiger partial charge on any atom is 0.248 e. The molecule has 100 valence electrons. The zero-order valence-corrected chi connectivity index (χ0v) is 10.1. The van der Waals surface area contributed by atoms with Gasteiger partial charge < -0.3 is 5.73 Å². The van der Waals surface area contributed by atoms with Crippen molar-refractivity contribution in [3.63, 3.8) is 0 Å². The first kappa shape index (κ1) is 13.3. The Morgan fingerprint density at radius 3 is 2.22 bits per heavy atom. The number of rotatable bonds is 2. The van der Waals surface area contributed by atoms with Gasteiger partial charge >= 0.3 is 0 Å². The summed E-state index contributed by atoms with van der Waals surface area (Å²) >= 11 is 0. The van der Waals surface area contributed by atoms with Crippen molar-refractivity contribution < 1.29 is 21.6 Å². The number of hydrogen-bond donors (Lipinski definition) is 1. The van der Waals surface area contributed by atoms with Crippen LogP contribution in [-0.2, 0) is 10.0 Å². The lowest BCUT2D eigenvalue weighted by molar-refractivity contribution is 0.447. The van der Waals surface area contributed by atoms with E-state index in [-0.39, 0.29) is 19.1 Å². The van der Waals surface area contributed by atoms with Gasteiger partial charge in [-0.05, 0) is 6.42 Å². The highest BCUT2D eigenvalue weighted by atomic mass is 32.2. The van der Waals surface area contributed by atoms with E-state index in [4.69, 9.17) is 5.73 Å². The minimum atomic E-state index is -4.31. The Morgan fingerprint density at radius 1 is 1.22 bits per heavy atom. The van der Waals surface area contributed by atoms with Crippen molar-refractivity contribution in [2.24, 2.45) is 5.73 Å². The van der Waals surface area contributed by atoms with E-state index in [1.807, 2.05) is 0 Å². The lowest BCUT2D eigenvalue weighted by Crippen LogP contribution is -2.33. The van der Waals surface area contributed by atoms with Crippen LogP contribution in [0.3, 0.4) is 0 Å². The Balaban J connectivity index is 2.48. The molecule has 1 heterocycles. The quantitative estimate of drug-likeness (QED) is 0.872. The van der Waals surface area contributed by atoms with Crippen molar-refractivity contribution >= 4 is 10.0 Å². The van der Waals surface area contributed by atoms with Crippen LogP contribution in [-0.4, -0.2) is 31.9 Å². The van der Waals surface area contributed by atoms with Gasteiger partial charge in [-0.15, -0.1) is 0 Å². The zero-order chi connectivity index (χ0) is 13.5. The normalized spacial score (nSPS) is 21.4. The van der Waals surface area contributed by atoms with E-state index in [0.29, 0.717) is 18.6 Å². The van der Waals surface area contributed by atoms with Crippen molar-refractivity contribution in [1.29, 1.82) is 0 Å². The third kappa shape index (κ3) is 2.23. The first-order valence-electron chi connectivity index (χ1n) is 5.22. The van der Waals surface area contributed by atoms with Crippen molar-refractivity contribution in [1.82, 2.24) is 4.31 Å². The minimum absolute atomic E-state index is 0.00140. The molecule has 8 heteroatoms. The molecule has 1 fully saturated rings. The molecule has 0 aliphatic carbocycles. The molecule has 18 heavy (non-hydrogen) atoms. The van der Waals surface area contributed by atoms with Crippen LogP contribution in [0.15, 0.2) is 17.0 Å². The van der Waals surface area contributed by atoms with Crippen LogP contribution in [0.25, 0.3) is 0 Å². The molecule has 0 spiro atoms. The van der Waals surface area contributed by atoms with E-state index in [1.54, 1.807) is 0 Å². The maximum atomic E-state index is 13.4. The Bertz CT molecular complexity index is 553. The molecular weight excluding hydrogens is 269 g/mol. The summed E-state index contributed by atoms with van der Waals surface area (Å²) in [6, 6.07) is 0.323. The van der Waals surface area contributed by atoms with Crippen molar-refractivity contribution in [2.45, 2.75) is 17.4 Å². The van der Waals surface area contributed by atoms with Crippen LogP contribution in [0.5, 0.6) is 0 Å². The summed E-state index contributed by atoms with van der Waals surface area (Å²) in [7, 11) is -4.31. The predicted molar refractivity (Wildman–Crippen MR) is 57.7 cm³/mol. The minimum Gasteiger partial charge on any atom is -0.326 e. The van der Waals surface area contributed by atoms with Crippen LogP contribution in [0.4, 0.5) is 13.2 Å². The Hall–Kier alpha value is -1.12. The van der Waals surface area contributed by atoms with Crippen molar-refractivity contribution in [3.05, 3.63) is 29.6 Å². The van der Waals surface area contributed by atoms with Gasteiger partial charge in [0, 0.05) is 31.3 Å². The number of sulfonamides is 1. The lowest BCUT2D eigenvalue weighted by Gasteiger charge is -2.16. The van der Waals surface area contributed by atoms with Gasteiger partial charge in [0.25, 0.3) is 0 Å². The maximum absolute atomic E-state index is 13.4. The SMILES string of the molecule is NC1CCN(S(=O)(=O)c2c(F)cc(F)cc2F)C1. The van der Waals surface area contributed by atoms with Gasteiger partial charge in [-0.25, -0.2) is 21.6 Å². The summed E-state index contributed by atoms with van der Waals surface area (Å²) in [4.78, 5) is -1.13. The van der Waals surface area contributed by atoms with E-state index in [0.717, 1.165) is 4.31 Å². The molecule has 0 amide bonds. The van der Waals surface area contributed by atoms with Gasteiger partial charge in [0.2, 0.25) is 10.0 Å². The molecule has 1 aromatic rings. The Labute approximate surface area is 102 Å². The molecule has 0 radical (unpaired) electrons. The summed E-state index contributed by atoms with van der Waals surface area (Å²) in [5, 5.41) is 0. The highest BCUT2D eigenvalue weighted by Gasteiger charge is 2.35. The average Bonchev–Trinajstić information content (AvgIpc) is 2.63. The predicted octanol–water partition coefficient (Wildman–Crippen LogP) is 0.826. The van der Waals surface area contributed by atoms with Gasteiger partial charge in [-0.3, -0.25) is 0 Å². The third-order valence-corrected chi connectivity index (χ3v) is 4.67. The van der Waals surface area contributed by atoms with E-state index in [2.05, 4.69) is 0 Å². The smallest absolute Gasteiger partial charge is 0.248 e. The van der Waals surface area contributed by atoms with Gasteiger partial charge in [-0.2, -0.15) is 4.31 Å². The highest BCUT2D eigenvalue weighted by molar-refractivity contribution is 7.89. The largest absolute Gasteiger partial charge is 0.326 e. The fourth-order valence-electron chi connectivity index (χ4n) is 1.88. The summed E-state index contributed by atoms with van der Waals surface area (Å²) in [6.45, 7) is 0.0956. The van der Waals surface area contributed by atoms with Gasteiger partial charge in [0.15, 0.2) is 4.90 Å². The molecule has 2 N–H and O–H groups in total. The molecule has 4 nitrogen and oxygen atoms in total. The van der Waals surface area contributed by atoms with Crippen LogP contribution < -0.4 is 5.73 Å². The van der Waals surface area contributed by atoms with Gasteiger partial charge in [-0.1, -0.05) is 0 Å². The molecule has 0 aromatic heterocycles. The van der Waals surface area contributed by atoms with E-state index in [9.17, 15) is 21.6 Å². The second-order valence-corrected chi connectivity index (χ2v) is 5.99. The highest BCUT2D eigenvalue weighted by Crippen LogP contribution is 2.26. The number of hydrogen-bond acceptors (Lipinski definition) is 3. The first-order valence-corrected chi connectivity index (χ1v) is 6.66. The monoisotopic (exact) mass is 280 g/mol. The van der Waals surface area contributed by atoms with Gasteiger partial charge in [0.05, 0.1) is 0 Å².